The topological polar surface area (TPSA) is 60.2 Å². The van der Waals surface area contributed by atoms with Gasteiger partial charge in [0.05, 0.1) is 29.2 Å². The summed E-state index contributed by atoms with van der Waals surface area (Å²) >= 11 is 1.53. The summed E-state index contributed by atoms with van der Waals surface area (Å²) in [6.45, 7) is 3.85. The highest BCUT2D eigenvalue weighted by Crippen LogP contribution is 2.50. The Morgan fingerprint density at radius 1 is 1.23 bits per heavy atom. The maximum atomic E-state index is 13.4. The number of aliphatic hydroxyl groups is 1. The molecule has 35 heavy (non-hydrogen) atoms. The fraction of sp³-hybridized carbons (Fsp3) is 0.667. The van der Waals surface area contributed by atoms with Crippen LogP contribution in [0.25, 0.3) is 0 Å². The van der Waals surface area contributed by atoms with Crippen LogP contribution in [-0.4, -0.2) is 33.6 Å². The first-order valence-electron chi connectivity index (χ1n) is 11.7. The highest BCUT2D eigenvalue weighted by molar-refractivity contribution is 8.00. The summed E-state index contributed by atoms with van der Waals surface area (Å²) < 4.78 is 79.2. The first-order chi connectivity index (χ1) is 16.4. The minimum absolute atomic E-state index is 0.00697. The van der Waals surface area contributed by atoms with Crippen LogP contribution in [0.1, 0.15) is 70.1 Å². The fourth-order valence-corrected chi connectivity index (χ4v) is 6.89. The van der Waals surface area contributed by atoms with Crippen LogP contribution in [0.3, 0.4) is 0 Å². The van der Waals surface area contributed by atoms with Gasteiger partial charge in [0.2, 0.25) is 0 Å². The molecular weight excluding hydrogens is 492 g/mol. The molecule has 11 heteroatoms. The number of nitriles is 1. The maximum absolute atomic E-state index is 13.4. The number of thioether (sulfide) groups is 1. The summed E-state index contributed by atoms with van der Waals surface area (Å²) in [6, 6.07) is 2.32. The number of aromatic nitrogens is 1. The van der Waals surface area contributed by atoms with Crippen molar-refractivity contribution in [2.45, 2.75) is 82.6 Å². The number of aliphatic hydroxyl groups excluding tert-OH is 1. The first-order valence-corrected chi connectivity index (χ1v) is 12.7. The first kappa shape index (κ1) is 27.7. The van der Waals surface area contributed by atoms with E-state index < -0.39 is 41.2 Å². The van der Waals surface area contributed by atoms with Crippen LogP contribution in [-0.2, 0) is 6.18 Å². The van der Waals surface area contributed by atoms with E-state index in [4.69, 9.17) is 5.26 Å². The minimum Gasteiger partial charge on any atom is -0.373 e. The molecule has 1 N–H and O–H groups in total. The third-order valence-corrected chi connectivity index (χ3v) is 9.03. The molecule has 1 aliphatic carbocycles. The summed E-state index contributed by atoms with van der Waals surface area (Å²) in [5.41, 5.74) is -1.40. The monoisotopic (exact) mass is 521 g/mol. The number of hydrogen-bond acceptors (Lipinski definition) is 5. The number of hydrogen-bond donors (Lipinski definition) is 1. The molecule has 2 heterocycles. The van der Waals surface area contributed by atoms with Crippen molar-refractivity contribution < 1.29 is 31.4 Å². The second kappa shape index (κ2) is 10.6. The second-order valence-electron chi connectivity index (χ2n) is 9.18. The molecule has 1 aromatic heterocycles. The number of rotatable bonds is 6. The molecule has 0 aromatic carbocycles. The van der Waals surface area contributed by atoms with Crippen molar-refractivity contribution in [3.8, 4) is 6.07 Å². The average molecular weight is 522 g/mol. The van der Waals surface area contributed by atoms with Gasteiger partial charge < -0.3 is 10.0 Å². The molecule has 0 amide bonds. The largest absolute Gasteiger partial charge is 0.419 e. The molecular formula is C24H29F6N3OS. The fourth-order valence-electron chi connectivity index (χ4n) is 5.19. The Labute approximate surface area is 205 Å². The number of anilines is 1. The Hall–Kier alpha value is -1.93. The summed E-state index contributed by atoms with van der Waals surface area (Å²) in [6.07, 6.45) is -4.21. The molecule has 1 fully saturated rings. The number of pyridine rings is 1. The van der Waals surface area contributed by atoms with Crippen molar-refractivity contribution in [2.24, 2.45) is 11.3 Å². The van der Waals surface area contributed by atoms with Crippen LogP contribution >= 0.6 is 11.8 Å². The van der Waals surface area contributed by atoms with E-state index in [1.165, 1.54) is 28.9 Å². The van der Waals surface area contributed by atoms with Gasteiger partial charge in [-0.2, -0.15) is 31.6 Å². The van der Waals surface area contributed by atoms with Crippen LogP contribution in [0.5, 0.6) is 0 Å². The predicted octanol–water partition coefficient (Wildman–Crippen LogP) is 7.05. The Morgan fingerprint density at radius 3 is 2.43 bits per heavy atom. The second-order valence-corrected chi connectivity index (χ2v) is 10.3. The number of allylic oxidation sites excluding steroid dienone is 2. The summed E-state index contributed by atoms with van der Waals surface area (Å²) in [7, 11) is 0. The molecule has 4 nitrogen and oxygen atoms in total. The van der Waals surface area contributed by atoms with Crippen LogP contribution in [0.4, 0.5) is 32.0 Å². The third-order valence-electron chi connectivity index (χ3n) is 7.49. The van der Waals surface area contributed by atoms with E-state index in [1.807, 2.05) is 13.8 Å². The minimum atomic E-state index is -4.75. The van der Waals surface area contributed by atoms with Gasteiger partial charge in [0.1, 0.15) is 12.3 Å². The van der Waals surface area contributed by atoms with E-state index in [0.717, 1.165) is 11.6 Å². The van der Waals surface area contributed by atoms with E-state index in [9.17, 15) is 31.4 Å². The zero-order valence-corrected chi connectivity index (χ0v) is 20.4. The van der Waals surface area contributed by atoms with E-state index >= 15 is 0 Å². The quantitative estimate of drug-likeness (QED) is 0.321. The van der Waals surface area contributed by atoms with E-state index in [2.05, 4.69) is 4.98 Å². The Kier molecular flexibility index (Phi) is 8.37. The van der Waals surface area contributed by atoms with Crippen LogP contribution in [0, 0.1) is 22.7 Å². The maximum Gasteiger partial charge on any atom is 0.419 e. The van der Waals surface area contributed by atoms with Gasteiger partial charge in [0.15, 0.2) is 5.69 Å². The predicted molar refractivity (Wildman–Crippen MR) is 122 cm³/mol. The lowest BCUT2D eigenvalue weighted by molar-refractivity contribution is -0.176. The Morgan fingerprint density at radius 2 is 1.91 bits per heavy atom. The standard InChI is InChI=1S/C24H29F6N3OS/c1-3-22(4-2)20(10-7-15-5-8-16(9-6-15)23(25,26)27)35-14-33(21(22)34)17-11-18(24(28,29)30)19(12-31)32-13-17/h5,11,13,16,20-21,34H,3-4,6-10,14H2,1-2H3. The SMILES string of the molecule is CCC1(CC)C(CCC2=CCC(C(F)(F)F)CC2)SCN(c2cnc(C#N)c(C(F)(F)F)c2)C1O. The molecule has 0 saturated carbocycles. The van der Waals surface area contributed by atoms with Crippen molar-refractivity contribution >= 4 is 17.4 Å². The van der Waals surface area contributed by atoms with Gasteiger partial charge >= 0.3 is 12.4 Å². The highest BCUT2D eigenvalue weighted by Gasteiger charge is 2.49. The summed E-state index contributed by atoms with van der Waals surface area (Å²) in [5, 5.41) is 20.4. The van der Waals surface area contributed by atoms with E-state index in [-0.39, 0.29) is 29.7 Å². The zero-order valence-electron chi connectivity index (χ0n) is 19.6. The van der Waals surface area contributed by atoms with Crippen LogP contribution in [0.2, 0.25) is 0 Å². The van der Waals surface area contributed by atoms with Crippen molar-refractivity contribution in [1.29, 1.82) is 5.26 Å². The van der Waals surface area contributed by atoms with Gasteiger partial charge in [-0.05, 0) is 51.0 Å². The molecule has 0 bridgehead atoms. The molecule has 1 saturated heterocycles. The van der Waals surface area contributed by atoms with Crippen molar-refractivity contribution in [1.82, 2.24) is 4.98 Å². The van der Waals surface area contributed by atoms with Gasteiger partial charge in [-0.15, -0.1) is 11.8 Å². The highest BCUT2D eigenvalue weighted by atomic mass is 32.2. The average Bonchev–Trinajstić information content (AvgIpc) is 2.82. The zero-order chi connectivity index (χ0) is 26.0. The molecule has 0 radical (unpaired) electrons. The molecule has 3 unspecified atom stereocenters. The van der Waals surface area contributed by atoms with Gasteiger partial charge in [-0.25, -0.2) is 4.98 Å². The normalized spacial score (nSPS) is 25.2. The molecule has 194 valence electrons. The van der Waals surface area contributed by atoms with Crippen LogP contribution < -0.4 is 4.90 Å². The van der Waals surface area contributed by atoms with Crippen molar-refractivity contribution in [3.63, 3.8) is 0 Å². The van der Waals surface area contributed by atoms with Gasteiger partial charge in [-0.3, -0.25) is 0 Å². The molecule has 3 atom stereocenters. The smallest absolute Gasteiger partial charge is 0.373 e. The van der Waals surface area contributed by atoms with Gasteiger partial charge in [-0.1, -0.05) is 25.5 Å². The summed E-state index contributed by atoms with van der Waals surface area (Å²) in [4.78, 5) is 5.17. The van der Waals surface area contributed by atoms with Crippen molar-refractivity contribution in [3.05, 3.63) is 35.2 Å². The van der Waals surface area contributed by atoms with Gasteiger partial charge in [0.25, 0.3) is 0 Å². The molecule has 2 aliphatic rings. The van der Waals surface area contributed by atoms with E-state index in [1.54, 1.807) is 6.08 Å². The lowest BCUT2D eigenvalue weighted by Gasteiger charge is -2.52. The molecule has 1 aromatic rings. The summed E-state index contributed by atoms with van der Waals surface area (Å²) in [5.74, 6) is -1.06. The lowest BCUT2D eigenvalue weighted by Crippen LogP contribution is -2.57. The lowest BCUT2D eigenvalue weighted by atomic mass is 9.74. The number of halogens is 6. The van der Waals surface area contributed by atoms with Gasteiger partial charge in [0, 0.05) is 10.7 Å². The Balaban J connectivity index is 1.78. The van der Waals surface area contributed by atoms with E-state index in [0.29, 0.717) is 32.1 Å². The molecule has 3 rings (SSSR count). The number of nitrogens with zero attached hydrogens (tertiary/aromatic N) is 3. The van der Waals surface area contributed by atoms with Crippen LogP contribution in [0.15, 0.2) is 23.9 Å². The Bertz CT molecular complexity index is 967. The third kappa shape index (κ3) is 5.74. The molecule has 1 aliphatic heterocycles. The molecule has 0 spiro atoms. The number of alkyl halides is 6. The van der Waals surface area contributed by atoms with Crippen molar-refractivity contribution in [2.75, 3.05) is 10.8 Å².